The topological polar surface area (TPSA) is 89.3 Å². The second-order valence-corrected chi connectivity index (χ2v) is 7.19. The Labute approximate surface area is 142 Å². The van der Waals surface area contributed by atoms with Crippen molar-refractivity contribution >= 4 is 27.7 Å². The smallest absolute Gasteiger partial charge is 0.228 e. The molecule has 2 aromatic rings. The van der Waals surface area contributed by atoms with E-state index in [1.54, 1.807) is 30.3 Å². The largest absolute Gasteiger partial charge is 0.326 e. The molecule has 0 aliphatic heterocycles. The number of anilines is 1. The summed E-state index contributed by atoms with van der Waals surface area (Å²) in [5, 5.41) is 7.76. The van der Waals surface area contributed by atoms with Crippen LogP contribution in [0.15, 0.2) is 54.6 Å². The van der Waals surface area contributed by atoms with Gasteiger partial charge in [0.2, 0.25) is 15.9 Å². The predicted molar refractivity (Wildman–Crippen MR) is 96.7 cm³/mol. The van der Waals surface area contributed by atoms with Gasteiger partial charge in [-0.25, -0.2) is 13.6 Å². The van der Waals surface area contributed by atoms with Crippen molar-refractivity contribution in [3.63, 3.8) is 0 Å². The van der Waals surface area contributed by atoms with E-state index < -0.39 is 10.0 Å². The van der Waals surface area contributed by atoms with Crippen LogP contribution >= 0.6 is 0 Å². The van der Waals surface area contributed by atoms with Gasteiger partial charge in [0, 0.05) is 12.1 Å². The Balaban J connectivity index is 1.92. The fourth-order valence-electron chi connectivity index (χ4n) is 2.16. The molecule has 0 fully saturated rings. The van der Waals surface area contributed by atoms with Crippen LogP contribution in [-0.2, 0) is 20.6 Å². The highest BCUT2D eigenvalue weighted by Crippen LogP contribution is 2.13. The Morgan fingerprint density at radius 2 is 1.88 bits per heavy atom. The number of nitrogens with one attached hydrogen (secondary N) is 1. The van der Waals surface area contributed by atoms with Crippen molar-refractivity contribution in [2.24, 2.45) is 5.14 Å². The van der Waals surface area contributed by atoms with Crippen molar-refractivity contribution in [2.45, 2.75) is 19.1 Å². The third kappa shape index (κ3) is 6.36. The van der Waals surface area contributed by atoms with E-state index >= 15 is 0 Å². The van der Waals surface area contributed by atoms with E-state index in [0.717, 1.165) is 5.56 Å². The summed E-state index contributed by atoms with van der Waals surface area (Å²) in [5.41, 5.74) is 3.29. The third-order valence-corrected chi connectivity index (χ3v) is 4.01. The summed E-state index contributed by atoms with van der Waals surface area (Å²) in [5.74, 6) is -0.435. The average Bonchev–Trinajstić information content (AvgIpc) is 2.48. The van der Waals surface area contributed by atoms with E-state index in [0.29, 0.717) is 11.3 Å². The number of primary sulfonamides is 1. The molecule has 0 bridgehead atoms. The molecule has 3 N–H and O–H groups in total. The Kier molecular flexibility index (Phi) is 5.89. The predicted octanol–water partition coefficient (Wildman–Crippen LogP) is 2.83. The van der Waals surface area contributed by atoms with Gasteiger partial charge < -0.3 is 5.32 Å². The molecule has 0 aliphatic carbocycles. The second kappa shape index (κ2) is 7.90. The SMILES string of the molecule is Cc1ccc(C=CCC(=O)Nc2cccc(CS(N)(=O)=O)c2)cc1. The van der Waals surface area contributed by atoms with Gasteiger partial charge in [-0.1, -0.05) is 54.1 Å². The Morgan fingerprint density at radius 1 is 1.17 bits per heavy atom. The Morgan fingerprint density at radius 3 is 2.54 bits per heavy atom. The molecule has 0 aliphatic rings. The van der Waals surface area contributed by atoms with Crippen LogP contribution in [0.5, 0.6) is 0 Å². The number of carbonyl (C=O) groups excluding carboxylic acids is 1. The first kappa shape index (κ1) is 17.9. The van der Waals surface area contributed by atoms with Crippen molar-refractivity contribution in [2.75, 3.05) is 5.32 Å². The third-order valence-electron chi connectivity index (χ3n) is 3.27. The van der Waals surface area contributed by atoms with Crippen LogP contribution in [-0.4, -0.2) is 14.3 Å². The van der Waals surface area contributed by atoms with Crippen LogP contribution < -0.4 is 10.5 Å². The summed E-state index contributed by atoms with van der Waals surface area (Å²) < 4.78 is 22.2. The maximum atomic E-state index is 11.9. The normalized spacial score (nSPS) is 11.6. The van der Waals surface area contributed by atoms with Gasteiger partial charge in [0.1, 0.15) is 0 Å². The fourth-order valence-corrected chi connectivity index (χ4v) is 2.81. The van der Waals surface area contributed by atoms with E-state index in [4.69, 9.17) is 5.14 Å². The van der Waals surface area contributed by atoms with Crippen LogP contribution in [0.25, 0.3) is 6.08 Å². The molecule has 6 heteroatoms. The summed E-state index contributed by atoms with van der Waals surface area (Å²) in [4.78, 5) is 11.9. The van der Waals surface area contributed by atoms with Crippen molar-refractivity contribution in [1.29, 1.82) is 0 Å². The first-order chi connectivity index (χ1) is 11.3. The van der Waals surface area contributed by atoms with Crippen molar-refractivity contribution in [3.8, 4) is 0 Å². The average molecular weight is 344 g/mol. The molecule has 0 saturated heterocycles. The lowest BCUT2D eigenvalue weighted by Crippen LogP contribution is -2.15. The molecular formula is C18H20N2O3S. The Hall–Kier alpha value is -2.44. The van der Waals surface area contributed by atoms with Gasteiger partial charge in [0.15, 0.2) is 0 Å². The highest BCUT2D eigenvalue weighted by molar-refractivity contribution is 7.88. The van der Waals surface area contributed by atoms with Crippen LogP contribution in [0.3, 0.4) is 0 Å². The molecule has 5 nitrogen and oxygen atoms in total. The van der Waals surface area contributed by atoms with Gasteiger partial charge in [-0.2, -0.15) is 0 Å². The van der Waals surface area contributed by atoms with Gasteiger partial charge in [-0.3, -0.25) is 4.79 Å². The molecule has 0 radical (unpaired) electrons. The molecule has 0 atom stereocenters. The minimum atomic E-state index is -3.59. The quantitative estimate of drug-likeness (QED) is 0.844. The molecule has 1 amide bonds. The zero-order chi connectivity index (χ0) is 17.6. The highest BCUT2D eigenvalue weighted by Gasteiger charge is 2.06. The van der Waals surface area contributed by atoms with Crippen molar-refractivity contribution in [3.05, 3.63) is 71.3 Å². The van der Waals surface area contributed by atoms with Gasteiger partial charge >= 0.3 is 0 Å². The first-order valence-electron chi connectivity index (χ1n) is 7.44. The molecular weight excluding hydrogens is 324 g/mol. The van der Waals surface area contributed by atoms with E-state index in [2.05, 4.69) is 5.32 Å². The maximum Gasteiger partial charge on any atom is 0.228 e. The van der Waals surface area contributed by atoms with Crippen molar-refractivity contribution < 1.29 is 13.2 Å². The number of benzene rings is 2. The van der Waals surface area contributed by atoms with E-state index in [-0.39, 0.29) is 18.1 Å². The van der Waals surface area contributed by atoms with Crippen LogP contribution in [0, 0.1) is 6.92 Å². The van der Waals surface area contributed by atoms with Crippen molar-refractivity contribution in [1.82, 2.24) is 0 Å². The van der Waals surface area contributed by atoms with Crippen LogP contribution in [0.1, 0.15) is 23.1 Å². The summed E-state index contributed by atoms with van der Waals surface area (Å²) in [6.07, 6.45) is 3.90. The zero-order valence-electron chi connectivity index (χ0n) is 13.4. The summed E-state index contributed by atoms with van der Waals surface area (Å²) >= 11 is 0. The molecule has 2 aromatic carbocycles. The number of amides is 1. The lowest BCUT2D eigenvalue weighted by atomic mass is 10.1. The van der Waals surface area contributed by atoms with E-state index in [1.165, 1.54) is 5.56 Å². The number of hydrogen-bond donors (Lipinski definition) is 2. The lowest BCUT2D eigenvalue weighted by molar-refractivity contribution is -0.115. The van der Waals surface area contributed by atoms with Gasteiger partial charge in [0.25, 0.3) is 0 Å². The minimum Gasteiger partial charge on any atom is -0.326 e. The fraction of sp³-hybridized carbons (Fsp3) is 0.167. The Bertz CT molecular complexity index is 841. The molecule has 0 spiro atoms. The highest BCUT2D eigenvalue weighted by atomic mass is 32.2. The number of sulfonamides is 1. The lowest BCUT2D eigenvalue weighted by Gasteiger charge is -2.06. The number of carbonyl (C=O) groups is 1. The zero-order valence-corrected chi connectivity index (χ0v) is 14.2. The standard InChI is InChI=1S/C18H20N2O3S/c1-14-8-10-15(11-9-14)4-3-7-18(21)20-17-6-2-5-16(12-17)13-24(19,22)23/h2-6,8-12H,7,13H2,1H3,(H,20,21)(H2,19,22,23). The number of aryl methyl sites for hydroxylation is 1. The molecule has 126 valence electrons. The number of hydrogen-bond acceptors (Lipinski definition) is 3. The first-order valence-corrected chi connectivity index (χ1v) is 9.16. The van der Waals surface area contributed by atoms with E-state index in [9.17, 15) is 13.2 Å². The summed E-state index contributed by atoms with van der Waals surface area (Å²) in [7, 11) is -3.59. The molecule has 2 rings (SSSR count). The summed E-state index contributed by atoms with van der Waals surface area (Å²) in [6.45, 7) is 2.02. The molecule has 0 unspecified atom stereocenters. The van der Waals surface area contributed by atoms with Gasteiger partial charge in [-0.05, 0) is 30.2 Å². The molecule has 0 aromatic heterocycles. The van der Waals surface area contributed by atoms with Crippen LogP contribution in [0.2, 0.25) is 0 Å². The number of nitrogens with two attached hydrogens (primary N) is 1. The molecule has 0 saturated carbocycles. The molecule has 24 heavy (non-hydrogen) atoms. The van der Waals surface area contributed by atoms with Gasteiger partial charge in [-0.15, -0.1) is 0 Å². The van der Waals surface area contributed by atoms with E-state index in [1.807, 2.05) is 37.3 Å². The second-order valence-electron chi connectivity index (χ2n) is 5.57. The minimum absolute atomic E-state index is 0.175. The van der Waals surface area contributed by atoms with Gasteiger partial charge in [0.05, 0.1) is 5.75 Å². The maximum absolute atomic E-state index is 11.9. The molecule has 0 heterocycles. The monoisotopic (exact) mass is 344 g/mol. The number of rotatable bonds is 6. The van der Waals surface area contributed by atoms with Crippen LogP contribution in [0.4, 0.5) is 5.69 Å². The summed E-state index contributed by atoms with van der Waals surface area (Å²) in [6, 6.07) is 14.6.